The monoisotopic (exact) mass is 393 g/mol. The number of tetrazole rings is 1. The van der Waals surface area contributed by atoms with Crippen LogP contribution in [0.15, 0.2) is 34.6 Å². The maximum Gasteiger partial charge on any atom is 0.250 e. The summed E-state index contributed by atoms with van der Waals surface area (Å²) in [5.74, 6) is 1.10. The summed E-state index contributed by atoms with van der Waals surface area (Å²) in [4.78, 5) is 6.24. The predicted octanol–water partition coefficient (Wildman–Crippen LogP) is 3.34. The first-order valence-corrected chi connectivity index (χ1v) is 9.14. The molecule has 26 heavy (non-hydrogen) atoms. The van der Waals surface area contributed by atoms with Gasteiger partial charge in [0.05, 0.1) is 16.4 Å². The van der Waals surface area contributed by atoms with E-state index in [4.69, 9.17) is 23.2 Å². The number of nitrogens with one attached hydrogen (secondary N) is 1. The van der Waals surface area contributed by atoms with E-state index in [0.29, 0.717) is 27.6 Å². The van der Waals surface area contributed by atoms with Crippen LogP contribution in [0.2, 0.25) is 10.0 Å². The third-order valence-electron chi connectivity index (χ3n) is 4.67. The maximum absolute atomic E-state index is 6.32. The van der Waals surface area contributed by atoms with Crippen molar-refractivity contribution in [2.24, 2.45) is 10.9 Å². The third kappa shape index (κ3) is 3.68. The Morgan fingerprint density at radius 3 is 2.65 bits per heavy atom. The summed E-state index contributed by atoms with van der Waals surface area (Å²) in [6.07, 6.45) is 1.95. The lowest BCUT2D eigenvalue weighted by Crippen LogP contribution is -2.37. The molecule has 0 bridgehead atoms. The van der Waals surface area contributed by atoms with Crippen molar-refractivity contribution < 1.29 is 0 Å². The Morgan fingerprint density at radius 1 is 1.31 bits per heavy atom. The Labute approximate surface area is 162 Å². The first kappa shape index (κ1) is 18.7. The number of aliphatic imine (C=N–C) groups is 1. The normalized spacial score (nSPS) is 16.4. The molecule has 1 N–H and O–H groups in total. The van der Waals surface area contributed by atoms with E-state index in [1.165, 1.54) is 0 Å². The zero-order valence-corrected chi connectivity index (χ0v) is 16.3. The highest BCUT2D eigenvalue weighted by Gasteiger charge is 2.26. The number of nitrogens with zero attached hydrogens (tertiary/aromatic N) is 6. The van der Waals surface area contributed by atoms with Crippen LogP contribution in [0.25, 0.3) is 5.69 Å². The van der Waals surface area contributed by atoms with Crippen LogP contribution in [0.1, 0.15) is 19.8 Å². The third-order valence-corrected chi connectivity index (χ3v) is 5.21. The van der Waals surface area contributed by atoms with Gasteiger partial charge in [-0.25, -0.2) is 0 Å². The maximum atomic E-state index is 6.32. The Bertz CT molecular complexity index is 822. The fraction of sp³-hybridized carbons (Fsp3) is 0.412. The van der Waals surface area contributed by atoms with Gasteiger partial charge in [-0.15, -0.1) is 0 Å². The van der Waals surface area contributed by atoms with Gasteiger partial charge in [0.15, 0.2) is 0 Å². The molecule has 0 unspecified atom stereocenters. The summed E-state index contributed by atoms with van der Waals surface area (Å²) in [5, 5.41) is 16.5. The van der Waals surface area contributed by atoms with E-state index in [-0.39, 0.29) is 0 Å². The number of piperidine rings is 1. The Kier molecular flexibility index (Phi) is 5.78. The van der Waals surface area contributed by atoms with Gasteiger partial charge < -0.3 is 10.2 Å². The highest BCUT2D eigenvalue weighted by Crippen LogP contribution is 2.30. The van der Waals surface area contributed by atoms with Crippen molar-refractivity contribution in [3.05, 3.63) is 39.6 Å². The minimum Gasteiger partial charge on any atom is -0.390 e. The second-order valence-corrected chi connectivity index (χ2v) is 7.00. The molecule has 1 fully saturated rings. The molecule has 1 aromatic heterocycles. The van der Waals surface area contributed by atoms with Gasteiger partial charge in [0, 0.05) is 36.8 Å². The summed E-state index contributed by atoms with van der Waals surface area (Å²) in [7, 11) is 1.93. The fourth-order valence-corrected chi connectivity index (χ4v) is 3.81. The van der Waals surface area contributed by atoms with Crippen LogP contribution in [-0.2, 0) is 0 Å². The van der Waals surface area contributed by atoms with Crippen LogP contribution in [0.5, 0.6) is 0 Å². The largest absolute Gasteiger partial charge is 0.390 e. The Balaban J connectivity index is 1.79. The molecule has 138 valence electrons. The van der Waals surface area contributed by atoms with E-state index in [9.17, 15) is 0 Å². The van der Waals surface area contributed by atoms with E-state index < -0.39 is 0 Å². The van der Waals surface area contributed by atoms with E-state index in [1.807, 2.05) is 20.0 Å². The topological polar surface area (TPSA) is 71.2 Å². The Morgan fingerprint density at radius 2 is 2.04 bits per heavy atom. The molecule has 0 saturated carbocycles. The molecule has 0 radical (unpaired) electrons. The van der Waals surface area contributed by atoms with Gasteiger partial charge in [-0.05, 0) is 55.1 Å². The van der Waals surface area contributed by atoms with Crippen LogP contribution >= 0.6 is 23.2 Å². The van der Waals surface area contributed by atoms with Crippen molar-refractivity contribution in [2.75, 3.05) is 25.0 Å². The summed E-state index contributed by atoms with van der Waals surface area (Å²) in [6, 6.07) is 5.28. The SMILES string of the molecule is C=N/C(C)=C(\NC)C1CCN(c2nnnn2-c2ccc(Cl)cc2Cl)CC1. The van der Waals surface area contributed by atoms with Crippen LogP contribution < -0.4 is 10.2 Å². The molecule has 0 atom stereocenters. The molecule has 3 rings (SSSR count). The van der Waals surface area contributed by atoms with Crippen LogP contribution in [0.4, 0.5) is 5.95 Å². The number of benzene rings is 1. The number of rotatable bonds is 5. The van der Waals surface area contributed by atoms with Gasteiger partial charge in [-0.1, -0.05) is 28.3 Å². The summed E-state index contributed by atoms with van der Waals surface area (Å²) in [6.45, 7) is 7.29. The minimum atomic E-state index is 0.421. The highest BCUT2D eigenvalue weighted by molar-refractivity contribution is 6.35. The summed E-state index contributed by atoms with van der Waals surface area (Å²) >= 11 is 12.3. The molecule has 1 aromatic carbocycles. The second-order valence-electron chi connectivity index (χ2n) is 6.15. The van der Waals surface area contributed by atoms with E-state index >= 15 is 0 Å². The van der Waals surface area contributed by atoms with Gasteiger partial charge in [-0.3, -0.25) is 4.99 Å². The first-order chi connectivity index (χ1) is 12.5. The molecule has 0 amide bonds. The van der Waals surface area contributed by atoms with Crippen molar-refractivity contribution in [1.29, 1.82) is 0 Å². The lowest BCUT2D eigenvalue weighted by molar-refractivity contribution is 0.433. The molecular weight excluding hydrogens is 373 g/mol. The van der Waals surface area contributed by atoms with Gasteiger partial charge >= 0.3 is 0 Å². The molecule has 9 heteroatoms. The lowest BCUT2D eigenvalue weighted by Gasteiger charge is -2.33. The quantitative estimate of drug-likeness (QED) is 0.788. The van der Waals surface area contributed by atoms with Crippen molar-refractivity contribution in [3.63, 3.8) is 0 Å². The molecular formula is C17H21Cl2N7. The van der Waals surface area contributed by atoms with Crippen molar-refractivity contribution in [3.8, 4) is 5.69 Å². The fourth-order valence-electron chi connectivity index (χ4n) is 3.32. The lowest BCUT2D eigenvalue weighted by atomic mass is 9.92. The molecule has 0 spiro atoms. The van der Waals surface area contributed by atoms with E-state index in [1.54, 1.807) is 16.8 Å². The number of hydrogen-bond acceptors (Lipinski definition) is 6. The first-order valence-electron chi connectivity index (χ1n) is 8.39. The molecule has 1 aliphatic rings. The highest BCUT2D eigenvalue weighted by atomic mass is 35.5. The standard InChI is InChI=1S/C17H21Cl2N7/c1-11(20-2)16(21-3)12-6-8-25(9-7-12)17-22-23-24-26(17)15-5-4-13(18)10-14(15)19/h4-5,10,12,21H,2,6-9H2,1,3H3/b16-11-. The van der Waals surface area contributed by atoms with Crippen LogP contribution in [0, 0.1) is 5.92 Å². The van der Waals surface area contributed by atoms with Gasteiger partial charge in [0.2, 0.25) is 5.95 Å². The summed E-state index contributed by atoms with van der Waals surface area (Å²) < 4.78 is 1.66. The zero-order valence-electron chi connectivity index (χ0n) is 14.8. The van der Waals surface area contributed by atoms with Gasteiger partial charge in [0.1, 0.15) is 0 Å². The number of anilines is 1. The van der Waals surface area contributed by atoms with Crippen molar-refractivity contribution in [1.82, 2.24) is 25.5 Å². The number of halogens is 2. The smallest absolute Gasteiger partial charge is 0.250 e. The predicted molar refractivity (Wildman–Crippen MR) is 105 cm³/mol. The van der Waals surface area contributed by atoms with Crippen LogP contribution in [0.3, 0.4) is 0 Å². The molecule has 1 saturated heterocycles. The summed E-state index contributed by atoms with van der Waals surface area (Å²) in [5.41, 5.74) is 2.81. The van der Waals surface area contributed by atoms with Crippen LogP contribution in [-0.4, -0.2) is 47.1 Å². The molecule has 1 aliphatic heterocycles. The molecule has 7 nitrogen and oxygen atoms in total. The zero-order chi connectivity index (χ0) is 18.7. The van der Waals surface area contributed by atoms with Gasteiger partial charge in [0.25, 0.3) is 0 Å². The van der Waals surface area contributed by atoms with E-state index in [0.717, 1.165) is 37.3 Å². The van der Waals surface area contributed by atoms with E-state index in [2.05, 4.69) is 37.5 Å². The van der Waals surface area contributed by atoms with Gasteiger partial charge in [-0.2, -0.15) is 4.68 Å². The van der Waals surface area contributed by atoms with Crippen molar-refractivity contribution >= 4 is 35.9 Å². The minimum absolute atomic E-state index is 0.421. The molecule has 2 aromatic rings. The molecule has 2 heterocycles. The average molecular weight is 394 g/mol. The number of hydrogen-bond donors (Lipinski definition) is 1. The number of allylic oxidation sites excluding steroid dienone is 2. The van der Waals surface area contributed by atoms with Crippen molar-refractivity contribution in [2.45, 2.75) is 19.8 Å². The molecule has 0 aliphatic carbocycles. The Hall–Kier alpha value is -2.12. The second kappa shape index (κ2) is 8.05. The average Bonchev–Trinajstić information content (AvgIpc) is 3.12. The number of aromatic nitrogens is 4.